The number of nitrogens with zero attached hydrogens (tertiary/aromatic N) is 2. The molecule has 0 aromatic heterocycles. The van der Waals surface area contributed by atoms with Crippen LogP contribution >= 0.6 is 0 Å². The summed E-state index contributed by atoms with van der Waals surface area (Å²) in [7, 11) is 2.10. The van der Waals surface area contributed by atoms with E-state index in [4.69, 9.17) is 5.11 Å². The summed E-state index contributed by atoms with van der Waals surface area (Å²) in [4.78, 5) is 16.4. The molecule has 1 fully saturated rings. The molecule has 1 aromatic carbocycles. The van der Waals surface area contributed by atoms with Crippen LogP contribution in [0.1, 0.15) is 10.4 Å². The van der Waals surface area contributed by atoms with Crippen molar-refractivity contribution in [1.82, 2.24) is 9.80 Å². The molecule has 1 heterocycles. The van der Waals surface area contributed by atoms with Gasteiger partial charge in [0.1, 0.15) is 5.75 Å². The van der Waals surface area contributed by atoms with E-state index in [1.807, 2.05) is 0 Å². The number of phenols is 1. The fourth-order valence-corrected chi connectivity index (χ4v) is 1.95. The second-order valence-corrected chi connectivity index (χ2v) is 4.55. The van der Waals surface area contributed by atoms with Crippen LogP contribution in [0.3, 0.4) is 0 Å². The zero-order valence-electron chi connectivity index (χ0n) is 10.1. The van der Waals surface area contributed by atoms with Crippen molar-refractivity contribution in [3.8, 4) is 5.75 Å². The summed E-state index contributed by atoms with van der Waals surface area (Å²) in [5.41, 5.74) is 0.668. The molecular weight excluding hydrogens is 216 g/mol. The molecule has 17 heavy (non-hydrogen) atoms. The van der Waals surface area contributed by atoms with Gasteiger partial charge < -0.3 is 10.0 Å². The van der Waals surface area contributed by atoms with Crippen molar-refractivity contribution in [2.45, 2.75) is 0 Å². The second-order valence-electron chi connectivity index (χ2n) is 4.55. The Morgan fingerprint density at radius 1 is 1.18 bits per heavy atom. The Kier molecular flexibility index (Phi) is 3.76. The Hall–Kier alpha value is -1.39. The number of carbonyl (C=O) groups is 1. The quantitative estimate of drug-likeness (QED) is 0.786. The van der Waals surface area contributed by atoms with Gasteiger partial charge in [-0.3, -0.25) is 9.69 Å². The summed E-state index contributed by atoms with van der Waals surface area (Å²) in [6.45, 7) is 4.39. The first-order chi connectivity index (χ1) is 8.15. The number of benzene rings is 1. The first-order valence-corrected chi connectivity index (χ1v) is 5.88. The average molecular weight is 234 g/mol. The number of Topliss-reactive ketones (excluding diaryl/α,β-unsaturated/α-hetero) is 1. The Bertz CT molecular complexity index is 381. The van der Waals surface area contributed by atoms with Crippen LogP contribution in [0.4, 0.5) is 0 Å². The van der Waals surface area contributed by atoms with Gasteiger partial charge in [-0.15, -0.1) is 0 Å². The lowest BCUT2D eigenvalue weighted by Crippen LogP contribution is -2.46. The van der Waals surface area contributed by atoms with Crippen LogP contribution in [-0.4, -0.2) is 60.5 Å². The summed E-state index contributed by atoms with van der Waals surface area (Å²) in [6, 6.07) is 6.45. The summed E-state index contributed by atoms with van der Waals surface area (Å²) in [5, 5.41) is 9.16. The molecule has 0 spiro atoms. The number of hydrogen-bond acceptors (Lipinski definition) is 4. The van der Waals surface area contributed by atoms with Gasteiger partial charge in [0, 0.05) is 31.7 Å². The van der Waals surface area contributed by atoms with Crippen molar-refractivity contribution in [2.24, 2.45) is 0 Å². The smallest absolute Gasteiger partial charge is 0.176 e. The lowest BCUT2D eigenvalue weighted by molar-refractivity contribution is 0.0876. The molecule has 0 radical (unpaired) electrons. The van der Waals surface area contributed by atoms with Gasteiger partial charge in [0.25, 0.3) is 0 Å². The molecule has 0 unspecified atom stereocenters. The Balaban J connectivity index is 1.91. The molecule has 0 atom stereocenters. The minimum atomic E-state index is 0.120. The Labute approximate surface area is 101 Å². The van der Waals surface area contributed by atoms with Gasteiger partial charge in [0.15, 0.2) is 5.78 Å². The standard InChI is InChI=1S/C13H18N2O2/c1-14-6-8-15(9-7-14)10-13(17)11-2-4-12(16)5-3-11/h2-5,16H,6-10H2,1H3. The van der Waals surface area contributed by atoms with Crippen molar-refractivity contribution in [1.29, 1.82) is 0 Å². The van der Waals surface area contributed by atoms with Gasteiger partial charge in [-0.2, -0.15) is 0 Å². The summed E-state index contributed by atoms with van der Waals surface area (Å²) < 4.78 is 0. The molecule has 1 aliphatic rings. The maximum atomic E-state index is 12.0. The van der Waals surface area contributed by atoms with Crippen LogP contribution in [0.15, 0.2) is 24.3 Å². The van der Waals surface area contributed by atoms with E-state index in [0.717, 1.165) is 26.2 Å². The molecule has 1 saturated heterocycles. The number of ketones is 1. The van der Waals surface area contributed by atoms with Crippen LogP contribution in [0.5, 0.6) is 5.75 Å². The highest BCUT2D eigenvalue weighted by molar-refractivity contribution is 5.97. The fourth-order valence-electron chi connectivity index (χ4n) is 1.95. The van der Waals surface area contributed by atoms with E-state index < -0.39 is 0 Å². The number of likely N-dealkylation sites (N-methyl/N-ethyl adjacent to an activating group) is 1. The fraction of sp³-hybridized carbons (Fsp3) is 0.462. The second kappa shape index (κ2) is 5.29. The van der Waals surface area contributed by atoms with E-state index in [1.54, 1.807) is 24.3 Å². The Morgan fingerprint density at radius 3 is 2.35 bits per heavy atom. The predicted molar refractivity (Wildman–Crippen MR) is 66.4 cm³/mol. The van der Waals surface area contributed by atoms with Crippen LogP contribution in [0, 0.1) is 0 Å². The maximum absolute atomic E-state index is 12.0. The van der Waals surface area contributed by atoms with E-state index in [1.165, 1.54) is 0 Å². The van der Waals surface area contributed by atoms with E-state index in [0.29, 0.717) is 12.1 Å². The minimum Gasteiger partial charge on any atom is -0.508 e. The van der Waals surface area contributed by atoms with Gasteiger partial charge in [0.05, 0.1) is 6.54 Å². The van der Waals surface area contributed by atoms with Crippen molar-refractivity contribution in [2.75, 3.05) is 39.8 Å². The molecule has 0 bridgehead atoms. The molecule has 0 amide bonds. The van der Waals surface area contributed by atoms with E-state index in [9.17, 15) is 4.79 Å². The molecule has 4 nitrogen and oxygen atoms in total. The number of piperazine rings is 1. The van der Waals surface area contributed by atoms with Gasteiger partial charge in [-0.25, -0.2) is 0 Å². The van der Waals surface area contributed by atoms with Crippen LogP contribution in [0.2, 0.25) is 0 Å². The van der Waals surface area contributed by atoms with Crippen LogP contribution < -0.4 is 0 Å². The molecular formula is C13H18N2O2. The SMILES string of the molecule is CN1CCN(CC(=O)c2ccc(O)cc2)CC1. The number of aromatic hydroxyl groups is 1. The first kappa shape index (κ1) is 12.1. The normalized spacial score (nSPS) is 18.2. The summed E-state index contributed by atoms with van der Waals surface area (Å²) in [6.07, 6.45) is 0. The molecule has 1 aromatic rings. The van der Waals surface area contributed by atoms with E-state index in [2.05, 4.69) is 16.8 Å². The first-order valence-electron chi connectivity index (χ1n) is 5.88. The number of phenolic OH excluding ortho intramolecular Hbond substituents is 1. The lowest BCUT2D eigenvalue weighted by Gasteiger charge is -2.31. The number of rotatable bonds is 3. The molecule has 0 saturated carbocycles. The summed E-state index contributed by atoms with van der Waals surface area (Å²) >= 11 is 0. The van der Waals surface area contributed by atoms with Crippen molar-refractivity contribution < 1.29 is 9.90 Å². The van der Waals surface area contributed by atoms with Crippen molar-refractivity contribution >= 4 is 5.78 Å². The van der Waals surface area contributed by atoms with Crippen molar-refractivity contribution in [3.05, 3.63) is 29.8 Å². The molecule has 1 aliphatic heterocycles. The monoisotopic (exact) mass is 234 g/mol. The zero-order valence-corrected chi connectivity index (χ0v) is 10.1. The molecule has 0 aliphatic carbocycles. The topological polar surface area (TPSA) is 43.8 Å². The van der Waals surface area contributed by atoms with Crippen molar-refractivity contribution in [3.63, 3.8) is 0 Å². The highest BCUT2D eigenvalue weighted by Crippen LogP contribution is 2.11. The maximum Gasteiger partial charge on any atom is 0.176 e. The predicted octanol–water partition coefficient (Wildman–Crippen LogP) is 0.822. The van der Waals surface area contributed by atoms with Gasteiger partial charge in [-0.05, 0) is 31.3 Å². The Morgan fingerprint density at radius 2 is 1.76 bits per heavy atom. The third kappa shape index (κ3) is 3.28. The highest BCUT2D eigenvalue weighted by atomic mass is 16.3. The third-order valence-electron chi connectivity index (χ3n) is 3.15. The van der Waals surface area contributed by atoms with E-state index >= 15 is 0 Å². The van der Waals surface area contributed by atoms with Gasteiger partial charge in [-0.1, -0.05) is 0 Å². The summed E-state index contributed by atoms with van der Waals surface area (Å²) in [5.74, 6) is 0.315. The van der Waals surface area contributed by atoms with E-state index in [-0.39, 0.29) is 11.5 Å². The average Bonchev–Trinajstić information content (AvgIpc) is 2.33. The number of carbonyl (C=O) groups excluding carboxylic acids is 1. The lowest BCUT2D eigenvalue weighted by atomic mass is 10.1. The van der Waals surface area contributed by atoms with Gasteiger partial charge in [0.2, 0.25) is 0 Å². The highest BCUT2D eigenvalue weighted by Gasteiger charge is 2.17. The van der Waals surface area contributed by atoms with Gasteiger partial charge >= 0.3 is 0 Å². The zero-order chi connectivity index (χ0) is 12.3. The molecule has 1 N–H and O–H groups in total. The van der Waals surface area contributed by atoms with Crippen LogP contribution in [-0.2, 0) is 0 Å². The molecule has 2 rings (SSSR count). The number of hydrogen-bond donors (Lipinski definition) is 1. The minimum absolute atomic E-state index is 0.120. The molecule has 92 valence electrons. The molecule has 4 heteroatoms. The third-order valence-corrected chi connectivity index (χ3v) is 3.15. The largest absolute Gasteiger partial charge is 0.508 e. The van der Waals surface area contributed by atoms with Crippen LogP contribution in [0.25, 0.3) is 0 Å².